The van der Waals surface area contributed by atoms with E-state index >= 15 is 0 Å². The van der Waals surface area contributed by atoms with E-state index in [1.54, 1.807) is 15.9 Å². The van der Waals surface area contributed by atoms with Gasteiger partial charge in [-0.2, -0.15) is 4.52 Å². The van der Waals surface area contributed by atoms with Crippen LogP contribution in [0.3, 0.4) is 0 Å². The fraction of sp³-hybridized carbons (Fsp3) is 0.647. The molecule has 0 aromatic carbocycles. The van der Waals surface area contributed by atoms with E-state index in [1.165, 1.54) is 6.42 Å². The largest absolute Gasteiger partial charge is 0.370 e. The Bertz CT molecular complexity index is 1030. The van der Waals surface area contributed by atoms with Gasteiger partial charge in [0.25, 0.3) is 11.3 Å². The van der Waals surface area contributed by atoms with Gasteiger partial charge in [-0.05, 0) is 42.7 Å². The molecular weight excluding hydrogens is 338 g/mol. The number of hydrogen-bond donors (Lipinski definition) is 0. The summed E-state index contributed by atoms with van der Waals surface area (Å²) >= 11 is 1.59. The number of aromatic nitrogens is 5. The summed E-state index contributed by atoms with van der Waals surface area (Å²) in [5.74, 6) is 0.572. The zero-order valence-corrected chi connectivity index (χ0v) is 15.3. The lowest BCUT2D eigenvalue weighted by Crippen LogP contribution is -2.33. The Hall–Kier alpha value is -1.80. The van der Waals surface area contributed by atoms with E-state index in [-0.39, 0.29) is 17.2 Å². The van der Waals surface area contributed by atoms with Gasteiger partial charge in [0.05, 0.1) is 17.6 Å². The minimum atomic E-state index is -0.251. The van der Waals surface area contributed by atoms with Crippen LogP contribution in [0, 0.1) is 0 Å². The number of ether oxygens (including phenoxy) is 1. The molecule has 2 aliphatic rings. The van der Waals surface area contributed by atoms with Crippen molar-refractivity contribution in [3.63, 3.8) is 0 Å². The second-order valence-corrected chi connectivity index (χ2v) is 8.85. The van der Waals surface area contributed by atoms with Crippen molar-refractivity contribution in [3.05, 3.63) is 20.8 Å². The van der Waals surface area contributed by atoms with Crippen LogP contribution in [0.4, 0.5) is 0 Å². The van der Waals surface area contributed by atoms with Gasteiger partial charge in [0.15, 0.2) is 0 Å². The maximum atomic E-state index is 13.5. The fourth-order valence-corrected chi connectivity index (χ4v) is 5.42. The highest BCUT2D eigenvalue weighted by Gasteiger charge is 2.33. The second-order valence-electron chi connectivity index (χ2n) is 7.77. The molecule has 132 valence electrons. The molecule has 0 unspecified atom stereocenters. The van der Waals surface area contributed by atoms with Crippen LogP contribution in [0.5, 0.6) is 0 Å². The average Bonchev–Trinajstić information content (AvgIpc) is 3.19. The van der Waals surface area contributed by atoms with E-state index in [9.17, 15) is 4.79 Å². The third-order valence-electron chi connectivity index (χ3n) is 5.50. The van der Waals surface area contributed by atoms with Crippen LogP contribution < -0.4 is 5.56 Å². The first-order valence-electron chi connectivity index (χ1n) is 8.96. The number of rotatable bonds is 1. The highest BCUT2D eigenvalue weighted by atomic mass is 32.1. The van der Waals surface area contributed by atoms with E-state index in [4.69, 9.17) is 4.74 Å². The Kier molecular flexibility index (Phi) is 3.31. The number of tetrazole rings is 1. The summed E-state index contributed by atoms with van der Waals surface area (Å²) < 4.78 is 9.55. The van der Waals surface area contributed by atoms with Gasteiger partial charge in [-0.1, -0.05) is 24.4 Å². The molecule has 7 nitrogen and oxygen atoms in total. The Morgan fingerprint density at radius 3 is 2.84 bits per heavy atom. The molecule has 0 bridgehead atoms. The van der Waals surface area contributed by atoms with Gasteiger partial charge in [-0.3, -0.25) is 9.36 Å². The smallest absolute Gasteiger partial charge is 0.264 e. The molecule has 8 heteroatoms. The van der Waals surface area contributed by atoms with E-state index in [1.807, 2.05) is 4.57 Å². The monoisotopic (exact) mass is 359 g/mol. The van der Waals surface area contributed by atoms with Gasteiger partial charge < -0.3 is 4.74 Å². The summed E-state index contributed by atoms with van der Waals surface area (Å²) in [4.78, 5) is 15.5. The molecule has 1 aliphatic heterocycles. The Morgan fingerprint density at radius 1 is 1.24 bits per heavy atom. The van der Waals surface area contributed by atoms with Gasteiger partial charge in [0.1, 0.15) is 4.83 Å². The molecule has 0 saturated heterocycles. The average molecular weight is 359 g/mol. The van der Waals surface area contributed by atoms with Crippen LogP contribution in [-0.2, 0) is 17.8 Å². The first-order chi connectivity index (χ1) is 12.1. The molecule has 25 heavy (non-hydrogen) atoms. The molecule has 1 saturated carbocycles. The van der Waals surface area contributed by atoms with Crippen molar-refractivity contribution in [3.8, 4) is 0 Å². The van der Waals surface area contributed by atoms with Gasteiger partial charge in [0.2, 0.25) is 0 Å². The summed E-state index contributed by atoms with van der Waals surface area (Å²) in [6, 6.07) is 0.197. The SMILES string of the molecule is CC1(C)Cc2c(sc3c2c(=O)n(C2CCCCC2)c2nnnn32)CO1. The van der Waals surface area contributed by atoms with Crippen molar-refractivity contribution in [1.29, 1.82) is 0 Å². The summed E-state index contributed by atoms with van der Waals surface area (Å²) in [5.41, 5.74) is 0.946. The van der Waals surface area contributed by atoms with Crippen molar-refractivity contribution in [2.75, 3.05) is 0 Å². The molecule has 3 aromatic rings. The number of nitrogens with zero attached hydrogens (tertiary/aromatic N) is 5. The molecule has 1 fully saturated rings. The topological polar surface area (TPSA) is 74.3 Å². The van der Waals surface area contributed by atoms with Crippen LogP contribution in [-0.4, -0.2) is 30.2 Å². The van der Waals surface area contributed by atoms with Crippen LogP contribution in [0.15, 0.2) is 4.79 Å². The lowest BCUT2D eigenvalue weighted by molar-refractivity contribution is -0.0379. The highest BCUT2D eigenvalue weighted by molar-refractivity contribution is 7.18. The zero-order valence-electron chi connectivity index (χ0n) is 14.5. The maximum Gasteiger partial charge on any atom is 0.264 e. The quantitative estimate of drug-likeness (QED) is 0.668. The second kappa shape index (κ2) is 5.35. The van der Waals surface area contributed by atoms with Crippen molar-refractivity contribution in [2.45, 2.75) is 70.6 Å². The van der Waals surface area contributed by atoms with Crippen LogP contribution in [0.2, 0.25) is 0 Å². The zero-order chi connectivity index (χ0) is 17.2. The summed E-state index contributed by atoms with van der Waals surface area (Å²) in [7, 11) is 0. The summed E-state index contributed by atoms with van der Waals surface area (Å²) in [6.45, 7) is 4.71. The summed E-state index contributed by atoms with van der Waals surface area (Å²) in [5, 5.41) is 13.0. The Balaban J connectivity index is 1.83. The van der Waals surface area contributed by atoms with Crippen molar-refractivity contribution in [1.82, 2.24) is 24.6 Å². The van der Waals surface area contributed by atoms with E-state index < -0.39 is 0 Å². The van der Waals surface area contributed by atoms with Gasteiger partial charge in [-0.25, -0.2) is 0 Å². The van der Waals surface area contributed by atoms with Crippen LogP contribution in [0.1, 0.15) is 62.4 Å². The molecule has 0 spiro atoms. The molecule has 4 heterocycles. The molecular formula is C17H21N5O2S. The highest BCUT2D eigenvalue weighted by Crippen LogP contribution is 2.38. The minimum Gasteiger partial charge on any atom is -0.370 e. The van der Waals surface area contributed by atoms with E-state index in [0.29, 0.717) is 12.4 Å². The third kappa shape index (κ3) is 2.27. The molecule has 0 atom stereocenters. The predicted molar refractivity (Wildman–Crippen MR) is 95.1 cm³/mol. The van der Waals surface area contributed by atoms with E-state index in [2.05, 4.69) is 29.4 Å². The van der Waals surface area contributed by atoms with Gasteiger partial charge >= 0.3 is 0 Å². The first-order valence-corrected chi connectivity index (χ1v) is 9.78. The predicted octanol–water partition coefficient (Wildman–Crippen LogP) is 2.86. The lowest BCUT2D eigenvalue weighted by atomic mass is 9.93. The standard InChI is InChI=1S/C17H21N5O2S/c1-17(2)8-11-12(9-24-17)25-15-13(11)14(23)21(10-6-4-3-5-7-10)16-18-19-20-22(15)16/h10H,3-9H2,1-2H3. The Morgan fingerprint density at radius 2 is 2.04 bits per heavy atom. The van der Waals surface area contributed by atoms with E-state index in [0.717, 1.165) is 52.8 Å². The van der Waals surface area contributed by atoms with Gasteiger partial charge in [-0.15, -0.1) is 11.3 Å². The molecule has 0 amide bonds. The maximum absolute atomic E-state index is 13.5. The molecule has 0 radical (unpaired) electrons. The summed E-state index contributed by atoms with van der Waals surface area (Å²) in [6.07, 6.45) is 6.35. The fourth-order valence-electron chi connectivity index (χ4n) is 4.25. The Labute approximate surface area is 148 Å². The minimum absolute atomic E-state index is 0.0689. The molecule has 0 N–H and O–H groups in total. The number of hydrogen-bond acceptors (Lipinski definition) is 6. The van der Waals surface area contributed by atoms with Crippen molar-refractivity contribution >= 4 is 27.3 Å². The normalized spacial score (nSPS) is 21.0. The van der Waals surface area contributed by atoms with Crippen molar-refractivity contribution in [2.24, 2.45) is 0 Å². The third-order valence-corrected chi connectivity index (χ3v) is 6.68. The van der Waals surface area contributed by atoms with Crippen LogP contribution >= 0.6 is 11.3 Å². The first kappa shape index (κ1) is 15.5. The van der Waals surface area contributed by atoms with Crippen molar-refractivity contribution < 1.29 is 4.74 Å². The number of thiophene rings is 1. The molecule has 1 aliphatic carbocycles. The number of fused-ring (bicyclic) bond motifs is 5. The molecule has 3 aromatic heterocycles. The molecule has 5 rings (SSSR count). The van der Waals surface area contributed by atoms with Gasteiger partial charge in [0, 0.05) is 17.3 Å². The lowest BCUT2D eigenvalue weighted by Gasteiger charge is -2.30. The van der Waals surface area contributed by atoms with Crippen LogP contribution in [0.25, 0.3) is 16.0 Å².